The molecule has 2 aromatic rings. The molecule has 17 heavy (non-hydrogen) atoms. The number of rotatable bonds is 3. The molecule has 0 atom stereocenters. The molecule has 6 heteroatoms. The van der Waals surface area contributed by atoms with Crippen molar-refractivity contribution in [2.24, 2.45) is 0 Å². The van der Waals surface area contributed by atoms with E-state index < -0.39 is 5.82 Å². The Morgan fingerprint density at radius 3 is 2.76 bits per heavy atom. The predicted molar refractivity (Wildman–Crippen MR) is 62.0 cm³/mol. The molecule has 0 fully saturated rings. The summed E-state index contributed by atoms with van der Waals surface area (Å²) < 4.78 is 15.4. The first-order chi connectivity index (χ1) is 8.17. The van der Waals surface area contributed by atoms with Crippen LogP contribution in [0, 0.1) is 5.82 Å². The van der Waals surface area contributed by atoms with Crippen molar-refractivity contribution in [2.75, 3.05) is 0 Å². The molecule has 4 nitrogen and oxygen atoms in total. The van der Waals surface area contributed by atoms with Gasteiger partial charge in [-0.15, -0.1) is 10.2 Å². The van der Waals surface area contributed by atoms with Gasteiger partial charge in [-0.3, -0.25) is 0 Å². The van der Waals surface area contributed by atoms with Gasteiger partial charge >= 0.3 is 0 Å². The zero-order valence-electron chi connectivity index (χ0n) is 9.19. The van der Waals surface area contributed by atoms with Gasteiger partial charge in [-0.2, -0.15) is 0 Å². The van der Waals surface area contributed by atoms with E-state index in [0.29, 0.717) is 28.8 Å². The summed E-state index contributed by atoms with van der Waals surface area (Å²) in [7, 11) is 0. The molecule has 1 aromatic heterocycles. The normalized spacial score (nSPS) is 10.8. The van der Waals surface area contributed by atoms with Crippen LogP contribution in [0.25, 0.3) is 11.4 Å². The Kier molecular flexibility index (Phi) is 3.40. The van der Waals surface area contributed by atoms with E-state index in [-0.39, 0.29) is 6.61 Å². The van der Waals surface area contributed by atoms with Crippen molar-refractivity contribution >= 4 is 11.6 Å². The van der Waals surface area contributed by atoms with E-state index in [4.69, 9.17) is 16.7 Å². The fourth-order valence-corrected chi connectivity index (χ4v) is 1.81. The standard InChI is InChI=1S/C11H11ClFN3O/c1-2-16-10(6-17)14-15-11(16)8-4-3-7(12)5-9(8)13/h3-5,17H,2,6H2,1H3. The molecule has 0 saturated carbocycles. The van der Waals surface area contributed by atoms with Crippen LogP contribution in [-0.4, -0.2) is 19.9 Å². The van der Waals surface area contributed by atoms with Gasteiger partial charge in [0, 0.05) is 11.6 Å². The van der Waals surface area contributed by atoms with Crippen LogP contribution in [0.1, 0.15) is 12.7 Å². The van der Waals surface area contributed by atoms with Gasteiger partial charge in [0.15, 0.2) is 11.6 Å². The average Bonchev–Trinajstić information content (AvgIpc) is 2.71. The van der Waals surface area contributed by atoms with Gasteiger partial charge in [0.2, 0.25) is 0 Å². The van der Waals surface area contributed by atoms with Crippen LogP contribution in [0.4, 0.5) is 4.39 Å². The highest BCUT2D eigenvalue weighted by atomic mass is 35.5. The highest BCUT2D eigenvalue weighted by Crippen LogP contribution is 2.24. The van der Waals surface area contributed by atoms with Gasteiger partial charge in [0.25, 0.3) is 0 Å². The zero-order chi connectivity index (χ0) is 12.4. The van der Waals surface area contributed by atoms with E-state index in [1.807, 2.05) is 6.92 Å². The lowest BCUT2D eigenvalue weighted by Crippen LogP contribution is -2.04. The molecule has 0 bridgehead atoms. The number of aromatic nitrogens is 3. The van der Waals surface area contributed by atoms with Gasteiger partial charge < -0.3 is 9.67 Å². The third-order valence-electron chi connectivity index (χ3n) is 2.46. The van der Waals surface area contributed by atoms with Crippen LogP contribution in [0.15, 0.2) is 18.2 Å². The molecule has 90 valence electrons. The molecule has 0 aliphatic carbocycles. The lowest BCUT2D eigenvalue weighted by molar-refractivity contribution is 0.265. The Hall–Kier alpha value is -1.46. The second-order valence-electron chi connectivity index (χ2n) is 3.47. The minimum Gasteiger partial charge on any atom is -0.388 e. The number of aliphatic hydroxyl groups excluding tert-OH is 1. The van der Waals surface area contributed by atoms with E-state index >= 15 is 0 Å². The molecule has 2 rings (SSSR count). The Balaban J connectivity index is 2.56. The first-order valence-electron chi connectivity index (χ1n) is 5.15. The van der Waals surface area contributed by atoms with Crippen LogP contribution < -0.4 is 0 Å². The number of halogens is 2. The fourth-order valence-electron chi connectivity index (χ4n) is 1.65. The molecule has 1 heterocycles. The molecule has 0 unspecified atom stereocenters. The van der Waals surface area contributed by atoms with Crippen LogP contribution in [0.3, 0.4) is 0 Å². The van der Waals surface area contributed by atoms with Gasteiger partial charge in [-0.25, -0.2) is 4.39 Å². The topological polar surface area (TPSA) is 50.9 Å². The number of benzene rings is 1. The summed E-state index contributed by atoms with van der Waals surface area (Å²) in [6, 6.07) is 4.37. The highest BCUT2D eigenvalue weighted by Gasteiger charge is 2.15. The number of aliphatic hydroxyl groups is 1. The van der Waals surface area contributed by atoms with Gasteiger partial charge in [0.05, 0.1) is 5.56 Å². The van der Waals surface area contributed by atoms with Crippen molar-refractivity contribution in [3.63, 3.8) is 0 Å². The van der Waals surface area contributed by atoms with E-state index in [2.05, 4.69) is 10.2 Å². The van der Waals surface area contributed by atoms with E-state index in [1.54, 1.807) is 16.7 Å². The fraction of sp³-hybridized carbons (Fsp3) is 0.273. The first-order valence-corrected chi connectivity index (χ1v) is 5.53. The lowest BCUT2D eigenvalue weighted by Gasteiger charge is -2.07. The Labute approximate surface area is 103 Å². The second-order valence-corrected chi connectivity index (χ2v) is 3.90. The maximum absolute atomic E-state index is 13.7. The molecule has 0 aliphatic heterocycles. The smallest absolute Gasteiger partial charge is 0.166 e. The quantitative estimate of drug-likeness (QED) is 0.915. The SMILES string of the molecule is CCn1c(CO)nnc1-c1ccc(Cl)cc1F. The predicted octanol–water partition coefficient (Wildman–Crippen LogP) is 2.25. The number of hydrogen-bond acceptors (Lipinski definition) is 3. The van der Waals surface area contributed by atoms with Crippen LogP contribution >= 0.6 is 11.6 Å². The maximum atomic E-state index is 13.7. The summed E-state index contributed by atoms with van der Waals surface area (Å²) in [5.41, 5.74) is 0.323. The molecular weight excluding hydrogens is 245 g/mol. The molecule has 1 aromatic carbocycles. The molecule has 0 aliphatic rings. The minimum absolute atomic E-state index is 0.226. The van der Waals surface area contributed by atoms with Gasteiger partial charge in [0.1, 0.15) is 12.4 Å². The summed E-state index contributed by atoms with van der Waals surface area (Å²) >= 11 is 5.69. The highest BCUT2D eigenvalue weighted by molar-refractivity contribution is 6.30. The van der Waals surface area contributed by atoms with Crippen LogP contribution in [0.5, 0.6) is 0 Å². The molecule has 0 amide bonds. The maximum Gasteiger partial charge on any atom is 0.166 e. The number of hydrogen-bond donors (Lipinski definition) is 1. The summed E-state index contributed by atoms with van der Waals surface area (Å²) in [6.07, 6.45) is 0. The summed E-state index contributed by atoms with van der Waals surface area (Å²) in [4.78, 5) is 0. The van der Waals surface area contributed by atoms with Crippen LogP contribution in [0.2, 0.25) is 5.02 Å². The van der Waals surface area contributed by atoms with Gasteiger partial charge in [-0.05, 0) is 25.1 Å². The average molecular weight is 256 g/mol. The van der Waals surface area contributed by atoms with Crippen molar-refractivity contribution in [2.45, 2.75) is 20.1 Å². The van der Waals surface area contributed by atoms with Crippen molar-refractivity contribution in [1.29, 1.82) is 0 Å². The molecule has 0 saturated heterocycles. The molecule has 0 spiro atoms. The lowest BCUT2D eigenvalue weighted by atomic mass is 10.2. The summed E-state index contributed by atoms with van der Waals surface area (Å²) in [5.74, 6) is 0.353. The van der Waals surface area contributed by atoms with E-state index in [1.165, 1.54) is 6.07 Å². The van der Waals surface area contributed by atoms with Crippen molar-refractivity contribution in [3.8, 4) is 11.4 Å². The van der Waals surface area contributed by atoms with Crippen LogP contribution in [-0.2, 0) is 13.2 Å². The molecular formula is C11H11ClFN3O. The van der Waals surface area contributed by atoms with Crippen molar-refractivity contribution < 1.29 is 9.50 Å². The zero-order valence-corrected chi connectivity index (χ0v) is 9.95. The second kappa shape index (κ2) is 4.81. The first kappa shape index (κ1) is 12.0. The minimum atomic E-state index is -0.455. The summed E-state index contributed by atoms with van der Waals surface area (Å²) in [5, 5.41) is 17.1. The number of nitrogens with zero attached hydrogens (tertiary/aromatic N) is 3. The van der Waals surface area contributed by atoms with E-state index in [9.17, 15) is 4.39 Å². The summed E-state index contributed by atoms with van der Waals surface area (Å²) in [6.45, 7) is 2.20. The van der Waals surface area contributed by atoms with E-state index in [0.717, 1.165) is 0 Å². The Morgan fingerprint density at radius 2 is 2.18 bits per heavy atom. The third-order valence-corrected chi connectivity index (χ3v) is 2.69. The Morgan fingerprint density at radius 1 is 1.41 bits per heavy atom. The van der Waals surface area contributed by atoms with Crippen molar-refractivity contribution in [1.82, 2.24) is 14.8 Å². The Bertz CT molecular complexity index is 542. The molecule has 0 radical (unpaired) electrons. The monoisotopic (exact) mass is 255 g/mol. The van der Waals surface area contributed by atoms with Crippen molar-refractivity contribution in [3.05, 3.63) is 34.9 Å². The third kappa shape index (κ3) is 2.16. The molecule has 1 N–H and O–H groups in total. The largest absolute Gasteiger partial charge is 0.388 e. The van der Waals surface area contributed by atoms with Gasteiger partial charge in [-0.1, -0.05) is 11.6 Å².